The highest BCUT2D eigenvalue weighted by atomic mass is 32.3. The minimum absolute atomic E-state index is 0.0899. The molecule has 11 nitrogen and oxygen atoms in total. The maximum absolute atomic E-state index is 12.0. The van der Waals surface area contributed by atoms with Gasteiger partial charge in [-0.1, -0.05) is 24.3 Å². The Morgan fingerprint density at radius 1 is 0.692 bits per heavy atom. The minimum Gasteiger partial charge on any atom is -0.360 e. The molecule has 8 aromatic rings. The van der Waals surface area contributed by atoms with Crippen LogP contribution in [0.5, 0.6) is 11.8 Å². The molecular weight excluding hydrogens is 544 g/mol. The number of para-hydroxylation sites is 4. The van der Waals surface area contributed by atoms with Crippen LogP contribution in [-0.4, -0.2) is 40.5 Å². The van der Waals surface area contributed by atoms with Gasteiger partial charge in [-0.3, -0.25) is 17.9 Å². The van der Waals surface area contributed by atoms with Crippen molar-refractivity contribution in [3.05, 3.63) is 72.8 Å². The van der Waals surface area contributed by atoms with Gasteiger partial charge in [-0.25, -0.2) is 9.97 Å². The molecule has 4 aromatic heterocycles. The molecule has 4 aromatic carbocycles. The molecule has 0 spiro atoms. The summed E-state index contributed by atoms with van der Waals surface area (Å²) in [4.78, 5) is 9.53. The van der Waals surface area contributed by atoms with E-state index >= 15 is 0 Å². The Hall–Kier alpha value is -4.56. The predicted molar refractivity (Wildman–Crippen MR) is 146 cm³/mol. The maximum Gasteiger partial charge on any atom is 0.447 e. The lowest BCUT2D eigenvalue weighted by atomic mass is 9.96. The highest BCUT2D eigenvalue weighted by molar-refractivity contribution is 7.81. The summed E-state index contributed by atoms with van der Waals surface area (Å²) in [5, 5.41) is 3.37. The molecule has 0 saturated carbocycles. The van der Waals surface area contributed by atoms with E-state index in [1.165, 1.54) is 0 Å². The maximum atomic E-state index is 12.0. The first kappa shape index (κ1) is 22.4. The Balaban J connectivity index is 1.68. The second-order valence-electron chi connectivity index (χ2n) is 9.01. The number of pyridine rings is 2. The number of rotatable bonds is 4. The Morgan fingerprint density at radius 2 is 1.15 bits per heavy atom. The number of fused-ring (bicyclic) bond motifs is 8. The Morgan fingerprint density at radius 3 is 1.67 bits per heavy atom. The summed E-state index contributed by atoms with van der Waals surface area (Å²) in [6.45, 7) is 0. The molecule has 39 heavy (non-hydrogen) atoms. The summed E-state index contributed by atoms with van der Waals surface area (Å²) in [5.74, 6) is -0.0586. The van der Waals surface area contributed by atoms with Gasteiger partial charge < -0.3 is 8.37 Å². The van der Waals surface area contributed by atoms with Crippen LogP contribution in [-0.2, 0) is 21.8 Å². The fraction of sp³-hybridized carbons (Fsp3) is 0. The van der Waals surface area contributed by atoms with Crippen LogP contribution >= 0.6 is 0 Å². The Bertz CT molecular complexity index is 2470. The van der Waals surface area contributed by atoms with Crippen LogP contribution in [0.4, 0.5) is 0 Å². The van der Waals surface area contributed by atoms with E-state index in [1.54, 1.807) is 51.3 Å². The van der Waals surface area contributed by atoms with E-state index in [2.05, 4.69) is 0 Å². The zero-order chi connectivity index (χ0) is 26.6. The number of aromatic nitrogens is 4. The van der Waals surface area contributed by atoms with Gasteiger partial charge in [-0.15, -0.1) is 0 Å². The van der Waals surface area contributed by atoms with Gasteiger partial charge in [-0.2, -0.15) is 12.6 Å². The van der Waals surface area contributed by atoms with Gasteiger partial charge in [0.05, 0.1) is 22.1 Å². The molecule has 0 bridgehead atoms. The summed E-state index contributed by atoms with van der Waals surface area (Å²) in [6, 6.07) is 21.5. The first-order valence-corrected chi connectivity index (χ1v) is 14.0. The van der Waals surface area contributed by atoms with Gasteiger partial charge in [-0.05, 0) is 48.5 Å². The molecular formula is C26H14N4O7S2. The zero-order valence-corrected chi connectivity index (χ0v) is 21.1. The van der Waals surface area contributed by atoms with Gasteiger partial charge in [0, 0.05) is 32.3 Å². The molecule has 192 valence electrons. The summed E-state index contributed by atoms with van der Waals surface area (Å²) < 4.78 is 69.3. The Labute approximate surface area is 220 Å². The molecule has 0 radical (unpaired) electrons. The summed E-state index contributed by atoms with van der Waals surface area (Å²) in [7, 11) is -4.92. The lowest BCUT2D eigenvalue weighted by Crippen LogP contribution is -2.10. The van der Waals surface area contributed by atoms with Crippen LogP contribution in [0.2, 0.25) is 0 Å². The molecule has 0 aliphatic heterocycles. The van der Waals surface area contributed by atoms with E-state index in [0.717, 1.165) is 0 Å². The van der Waals surface area contributed by atoms with Gasteiger partial charge in [0.2, 0.25) is 11.8 Å². The third-order valence-corrected chi connectivity index (χ3v) is 7.63. The van der Waals surface area contributed by atoms with E-state index in [9.17, 15) is 21.7 Å². The topological polar surface area (TPSA) is 145 Å². The fourth-order valence-electron chi connectivity index (χ4n) is 5.62. The fourth-order valence-corrected chi connectivity index (χ4v) is 6.28. The Kier molecular flexibility index (Phi) is 4.32. The average molecular weight is 559 g/mol. The normalized spacial score (nSPS) is 13.6. The van der Waals surface area contributed by atoms with Crippen LogP contribution in [0.25, 0.3) is 65.7 Å². The molecule has 0 fully saturated rings. The van der Waals surface area contributed by atoms with Crippen LogP contribution in [0, 0.1) is 0 Å². The first-order valence-electron chi connectivity index (χ1n) is 11.6. The van der Waals surface area contributed by atoms with Crippen LogP contribution < -0.4 is 8.37 Å². The van der Waals surface area contributed by atoms with Crippen molar-refractivity contribution < 1.29 is 30.1 Å². The van der Waals surface area contributed by atoms with Crippen molar-refractivity contribution in [2.24, 2.45) is 0 Å². The van der Waals surface area contributed by atoms with E-state index in [4.69, 9.17) is 18.3 Å². The molecule has 0 saturated heterocycles. The van der Waals surface area contributed by atoms with Crippen molar-refractivity contribution in [3.63, 3.8) is 0 Å². The second kappa shape index (κ2) is 7.51. The van der Waals surface area contributed by atoms with Crippen molar-refractivity contribution in [1.29, 1.82) is 0 Å². The van der Waals surface area contributed by atoms with Crippen molar-refractivity contribution >= 4 is 87.4 Å². The third-order valence-electron chi connectivity index (χ3n) is 6.97. The molecule has 0 aliphatic carbocycles. The van der Waals surface area contributed by atoms with Gasteiger partial charge in [0.1, 0.15) is 11.3 Å². The van der Waals surface area contributed by atoms with E-state index in [0.29, 0.717) is 65.7 Å². The van der Waals surface area contributed by atoms with Crippen molar-refractivity contribution in [2.45, 2.75) is 0 Å². The molecule has 2 N–H and O–H groups in total. The molecule has 0 amide bonds. The summed E-state index contributed by atoms with van der Waals surface area (Å²) >= 11 is -2.65. The van der Waals surface area contributed by atoms with Gasteiger partial charge >= 0.3 is 21.8 Å². The SMILES string of the molecule is O=S(O)Oc1c2ccc3c4c(ccc(c24)c2nc4ccccc4n12)c(OS(=O)(=O)O)n1c2ccccc2nc31. The van der Waals surface area contributed by atoms with Gasteiger partial charge in [0.25, 0.3) is 0 Å². The number of imidazole rings is 2. The lowest BCUT2D eigenvalue weighted by molar-refractivity contribution is 0.381. The molecule has 13 heteroatoms. The largest absolute Gasteiger partial charge is 0.447 e. The van der Waals surface area contributed by atoms with E-state index in [-0.39, 0.29) is 11.8 Å². The third kappa shape index (κ3) is 3.03. The number of benzene rings is 4. The van der Waals surface area contributed by atoms with Crippen molar-refractivity contribution in [2.75, 3.05) is 0 Å². The molecule has 1 unspecified atom stereocenters. The molecule has 4 heterocycles. The van der Waals surface area contributed by atoms with Crippen LogP contribution in [0.15, 0.2) is 72.8 Å². The zero-order valence-electron chi connectivity index (χ0n) is 19.5. The minimum atomic E-state index is -4.92. The predicted octanol–water partition coefficient (Wildman–Crippen LogP) is 4.88. The quantitative estimate of drug-likeness (QED) is 0.175. The standard InChI is InChI=1S/C26H14N4O7S2/c31-38(32)36-25-15-11-9-14-22-16(12-10-13(21(15)22)23-27-17-5-1-3-7-19(17)29(23)25)26(37-39(33,34)35)30-20-8-4-2-6-18(20)28-24(14)30/h1-12H,(H,31,32)(H,33,34,35). The number of nitrogens with zero attached hydrogens (tertiary/aromatic N) is 4. The van der Waals surface area contributed by atoms with Gasteiger partial charge in [0.15, 0.2) is 0 Å². The lowest BCUT2D eigenvalue weighted by Gasteiger charge is -2.18. The monoisotopic (exact) mass is 558 g/mol. The summed E-state index contributed by atoms with van der Waals surface area (Å²) in [6.07, 6.45) is 0. The smallest absolute Gasteiger partial charge is 0.360 e. The highest BCUT2D eigenvalue weighted by Crippen LogP contribution is 2.46. The first-order chi connectivity index (χ1) is 18.8. The van der Waals surface area contributed by atoms with Crippen LogP contribution in [0.1, 0.15) is 0 Å². The average Bonchev–Trinajstić information content (AvgIpc) is 3.48. The summed E-state index contributed by atoms with van der Waals surface area (Å²) in [5.41, 5.74) is 3.38. The number of hydrogen-bond donors (Lipinski definition) is 2. The highest BCUT2D eigenvalue weighted by Gasteiger charge is 2.26. The molecule has 8 rings (SSSR count). The number of hydrogen-bond acceptors (Lipinski definition) is 7. The molecule has 1 atom stereocenters. The molecule has 0 aliphatic rings. The van der Waals surface area contributed by atoms with Crippen LogP contribution in [0.3, 0.4) is 0 Å². The van der Waals surface area contributed by atoms with E-state index < -0.39 is 21.8 Å². The van der Waals surface area contributed by atoms with Crippen molar-refractivity contribution in [3.8, 4) is 11.8 Å². The second-order valence-corrected chi connectivity index (χ2v) is 10.6. The van der Waals surface area contributed by atoms with E-state index in [1.807, 2.05) is 30.3 Å². The van der Waals surface area contributed by atoms with Crippen molar-refractivity contribution in [1.82, 2.24) is 18.8 Å².